The maximum Gasteiger partial charge on any atom is 0.431 e. The molecule has 3 aliphatic heterocycles. The summed E-state index contributed by atoms with van der Waals surface area (Å²) in [6.45, 7) is -1.34. The molecule has 3 heterocycles. The van der Waals surface area contributed by atoms with Gasteiger partial charge in [0.15, 0.2) is 12.2 Å². The van der Waals surface area contributed by atoms with Crippen LogP contribution in [0.4, 0.5) is 17.6 Å². The van der Waals surface area contributed by atoms with E-state index in [1.165, 1.54) is 0 Å². The molecule has 7 fully saturated rings. The third-order valence-corrected chi connectivity index (χ3v) is 10.2. The lowest BCUT2D eigenvalue weighted by Gasteiger charge is -2.55. The van der Waals surface area contributed by atoms with E-state index in [0.717, 1.165) is 19.3 Å². The van der Waals surface area contributed by atoms with E-state index >= 15 is 0 Å². The lowest BCUT2D eigenvalue weighted by Crippen LogP contribution is -2.54. The zero-order valence-electron chi connectivity index (χ0n) is 19.9. The lowest BCUT2D eigenvalue weighted by atomic mass is 9.49. The minimum atomic E-state index is -6.44. The van der Waals surface area contributed by atoms with Crippen LogP contribution in [-0.4, -0.2) is 73.1 Å². The normalized spacial score (nSPS) is 42.9. The number of halogens is 4. The molecule has 4 saturated carbocycles. The topological polar surface area (TPSA) is 142 Å². The standard InChI is InChI=1S/C23H26F4O10S/c24-22(25,23(26,27)38(31,32)33)1-2-34-18(28)12-13-15-16(36-19(13)29)17(14(12)35-15)37-20(30)21-6-9-3-10(7-21)5-11(4-9)8-21/h9-17H,1-8H2,(H,31,32,33). The Bertz CT molecular complexity index is 1140. The Morgan fingerprint density at radius 1 is 1.00 bits per heavy atom. The Balaban J connectivity index is 1.14. The van der Waals surface area contributed by atoms with E-state index in [0.29, 0.717) is 37.0 Å². The largest absolute Gasteiger partial charge is 0.465 e. The number of carbonyl (C=O) groups is 3. The Kier molecular flexibility index (Phi) is 5.70. The van der Waals surface area contributed by atoms with E-state index in [2.05, 4.69) is 0 Å². The van der Waals surface area contributed by atoms with Crippen LogP contribution in [0, 0.1) is 35.0 Å². The van der Waals surface area contributed by atoms with Crippen LogP contribution in [0.5, 0.6) is 0 Å². The van der Waals surface area contributed by atoms with Crippen molar-refractivity contribution in [2.75, 3.05) is 6.61 Å². The number of hydrogen-bond donors (Lipinski definition) is 1. The van der Waals surface area contributed by atoms with E-state index in [4.69, 9.17) is 23.5 Å². The second-order valence-corrected chi connectivity index (χ2v) is 13.2. The van der Waals surface area contributed by atoms with Crippen molar-refractivity contribution in [3.8, 4) is 0 Å². The Hall–Kier alpha value is -2.00. The first kappa shape index (κ1) is 26.2. The molecule has 0 aromatic rings. The van der Waals surface area contributed by atoms with Gasteiger partial charge in [-0.2, -0.15) is 26.0 Å². The van der Waals surface area contributed by atoms with Crippen molar-refractivity contribution in [3.63, 3.8) is 0 Å². The smallest absolute Gasteiger partial charge is 0.431 e. The summed E-state index contributed by atoms with van der Waals surface area (Å²) in [5, 5.41) is -5.80. The summed E-state index contributed by atoms with van der Waals surface area (Å²) in [7, 11) is -6.44. The first-order valence-electron chi connectivity index (χ1n) is 12.6. The molecule has 0 radical (unpaired) electrons. The average molecular weight is 571 g/mol. The molecule has 4 aliphatic carbocycles. The van der Waals surface area contributed by atoms with Crippen molar-refractivity contribution in [1.82, 2.24) is 0 Å². The first-order valence-corrected chi connectivity index (χ1v) is 14.0. The van der Waals surface area contributed by atoms with Crippen LogP contribution >= 0.6 is 0 Å². The molecule has 0 spiro atoms. The molecule has 1 N–H and O–H groups in total. The number of carbonyl (C=O) groups excluding carboxylic acids is 3. The molecule has 7 aliphatic rings. The van der Waals surface area contributed by atoms with Crippen LogP contribution in [0.3, 0.4) is 0 Å². The first-order chi connectivity index (χ1) is 17.6. The summed E-state index contributed by atoms with van der Waals surface area (Å²) in [5.74, 6) is -8.92. The third kappa shape index (κ3) is 3.70. The summed E-state index contributed by atoms with van der Waals surface area (Å²) in [6, 6.07) is 0. The fraction of sp³-hybridized carbons (Fsp3) is 0.870. The van der Waals surface area contributed by atoms with Gasteiger partial charge in [0, 0.05) is 0 Å². The number of fused-ring (bicyclic) bond motifs is 1. The van der Waals surface area contributed by atoms with Crippen LogP contribution in [0.15, 0.2) is 0 Å². The van der Waals surface area contributed by atoms with Gasteiger partial charge in [-0.15, -0.1) is 0 Å². The minimum Gasteiger partial charge on any atom is -0.465 e. The molecule has 10 nitrogen and oxygen atoms in total. The van der Waals surface area contributed by atoms with Crippen LogP contribution < -0.4 is 0 Å². The molecule has 212 valence electrons. The van der Waals surface area contributed by atoms with Gasteiger partial charge in [0.05, 0.1) is 18.4 Å². The summed E-state index contributed by atoms with van der Waals surface area (Å²) >= 11 is 0. The van der Waals surface area contributed by atoms with Gasteiger partial charge in [0.25, 0.3) is 0 Å². The van der Waals surface area contributed by atoms with Gasteiger partial charge in [0.2, 0.25) is 0 Å². The summed E-state index contributed by atoms with van der Waals surface area (Å²) in [5.41, 5.74) is -0.640. The maximum absolute atomic E-state index is 13.8. The fourth-order valence-corrected chi connectivity index (χ4v) is 8.54. The number of rotatable bonds is 8. The highest BCUT2D eigenvalue weighted by molar-refractivity contribution is 7.87. The molecular weight excluding hydrogens is 544 g/mol. The van der Waals surface area contributed by atoms with Crippen molar-refractivity contribution in [3.05, 3.63) is 0 Å². The predicted molar refractivity (Wildman–Crippen MR) is 113 cm³/mol. The molecular formula is C23H26F4O10S. The van der Waals surface area contributed by atoms with Crippen molar-refractivity contribution in [2.24, 2.45) is 35.0 Å². The van der Waals surface area contributed by atoms with Crippen molar-refractivity contribution in [2.45, 2.75) is 80.5 Å². The monoisotopic (exact) mass is 570 g/mol. The van der Waals surface area contributed by atoms with Gasteiger partial charge in [0.1, 0.15) is 24.0 Å². The third-order valence-electron chi connectivity index (χ3n) is 9.30. The average Bonchev–Trinajstić information content (AvgIpc) is 3.41. The number of hydrogen-bond acceptors (Lipinski definition) is 9. The molecule has 3 saturated heterocycles. The van der Waals surface area contributed by atoms with Gasteiger partial charge in [-0.05, 0) is 56.3 Å². The zero-order chi connectivity index (χ0) is 27.4. The molecule has 6 atom stereocenters. The molecule has 6 unspecified atom stereocenters. The Morgan fingerprint density at radius 3 is 2.13 bits per heavy atom. The maximum atomic E-state index is 13.8. The predicted octanol–water partition coefficient (Wildman–Crippen LogP) is 2.10. The van der Waals surface area contributed by atoms with E-state index in [-0.39, 0.29) is 0 Å². The van der Waals surface area contributed by atoms with Gasteiger partial charge < -0.3 is 18.9 Å². The number of ether oxygens (including phenoxy) is 4. The van der Waals surface area contributed by atoms with Crippen LogP contribution in [0.25, 0.3) is 0 Å². The highest BCUT2D eigenvalue weighted by Crippen LogP contribution is 2.61. The molecule has 0 aromatic carbocycles. The molecule has 0 amide bonds. The van der Waals surface area contributed by atoms with E-state index in [9.17, 15) is 40.4 Å². The van der Waals surface area contributed by atoms with Gasteiger partial charge >= 0.3 is 39.2 Å². The van der Waals surface area contributed by atoms with Crippen LogP contribution in [-0.2, 0) is 43.4 Å². The Labute approximate surface area is 214 Å². The summed E-state index contributed by atoms with van der Waals surface area (Å²) in [4.78, 5) is 38.7. The van der Waals surface area contributed by atoms with Crippen molar-refractivity contribution < 1.29 is 63.9 Å². The fourth-order valence-electron chi connectivity index (χ4n) is 8.06. The lowest BCUT2D eigenvalue weighted by molar-refractivity contribution is -0.187. The van der Waals surface area contributed by atoms with Crippen molar-refractivity contribution in [1.29, 1.82) is 0 Å². The highest BCUT2D eigenvalue weighted by atomic mass is 32.2. The number of alkyl halides is 4. The molecule has 0 aromatic heterocycles. The molecule has 6 bridgehead atoms. The summed E-state index contributed by atoms with van der Waals surface area (Å²) in [6.07, 6.45) is -0.658. The second kappa shape index (κ2) is 8.26. The quantitative estimate of drug-likeness (QED) is 0.200. The summed E-state index contributed by atoms with van der Waals surface area (Å²) < 4.78 is 106. The van der Waals surface area contributed by atoms with E-state index < -0.39 is 93.9 Å². The molecule has 15 heteroatoms. The SMILES string of the molecule is O=C1OC2C(OC(=O)C34CC5CC(CC(C5)C3)C4)C3OC2C1C3C(=O)OCCC(F)(F)C(F)(F)S(=O)(=O)O. The minimum absolute atomic E-state index is 0.434. The molecule has 38 heavy (non-hydrogen) atoms. The number of esters is 3. The zero-order valence-corrected chi connectivity index (χ0v) is 20.7. The van der Waals surface area contributed by atoms with Crippen LogP contribution in [0.2, 0.25) is 0 Å². The van der Waals surface area contributed by atoms with Gasteiger partial charge in [-0.1, -0.05) is 0 Å². The second-order valence-electron chi connectivity index (χ2n) is 11.7. The highest BCUT2D eigenvalue weighted by Gasteiger charge is 2.73. The van der Waals surface area contributed by atoms with Gasteiger partial charge in [-0.3, -0.25) is 18.9 Å². The van der Waals surface area contributed by atoms with E-state index in [1.807, 2.05) is 0 Å². The Morgan fingerprint density at radius 2 is 1.58 bits per heavy atom. The van der Waals surface area contributed by atoms with E-state index in [1.54, 1.807) is 0 Å². The van der Waals surface area contributed by atoms with Gasteiger partial charge in [-0.25, -0.2) is 0 Å². The molecule has 7 rings (SSSR count). The van der Waals surface area contributed by atoms with Crippen molar-refractivity contribution >= 4 is 28.0 Å². The van der Waals surface area contributed by atoms with Crippen LogP contribution in [0.1, 0.15) is 44.9 Å².